The van der Waals surface area contributed by atoms with E-state index in [1.807, 2.05) is 31.2 Å². The lowest BCUT2D eigenvalue weighted by Gasteiger charge is -2.08. The molecule has 0 aliphatic rings. The van der Waals surface area contributed by atoms with E-state index in [2.05, 4.69) is 21.9 Å². The summed E-state index contributed by atoms with van der Waals surface area (Å²) >= 11 is 0. The van der Waals surface area contributed by atoms with Crippen LogP contribution < -0.4 is 4.74 Å². The number of rotatable bonds is 5. The van der Waals surface area contributed by atoms with Crippen molar-refractivity contribution in [3.8, 4) is 17.6 Å². The molecule has 0 bridgehead atoms. The maximum Gasteiger partial charge on any atom is 0.164 e. The Hall–Kier alpha value is -2.32. The van der Waals surface area contributed by atoms with Crippen LogP contribution in [0.1, 0.15) is 24.7 Å². The smallest absolute Gasteiger partial charge is 0.164 e. The highest BCUT2D eigenvalue weighted by Gasteiger charge is 2.05. The van der Waals surface area contributed by atoms with Gasteiger partial charge in [-0.2, -0.15) is 5.10 Å². The lowest BCUT2D eigenvalue weighted by molar-refractivity contribution is 0.286. The van der Waals surface area contributed by atoms with Gasteiger partial charge in [0.1, 0.15) is 18.7 Å². The molecule has 0 atom stereocenters. The number of aliphatic hydroxyl groups excluding tert-OH is 1. The third-order valence-corrected chi connectivity index (χ3v) is 2.70. The van der Waals surface area contributed by atoms with Crippen LogP contribution in [0.4, 0.5) is 0 Å². The van der Waals surface area contributed by atoms with Gasteiger partial charge in [0.15, 0.2) is 5.82 Å². The van der Waals surface area contributed by atoms with Crippen molar-refractivity contribution < 1.29 is 9.84 Å². The molecule has 0 unspecified atom stereocenters. The molecule has 2 aromatic rings. The third kappa shape index (κ3) is 3.59. The van der Waals surface area contributed by atoms with Gasteiger partial charge in [-0.25, -0.2) is 9.67 Å². The summed E-state index contributed by atoms with van der Waals surface area (Å²) in [4.78, 5) is 4.16. The van der Waals surface area contributed by atoms with E-state index in [1.165, 1.54) is 6.33 Å². The molecule has 0 spiro atoms. The lowest BCUT2D eigenvalue weighted by atomic mass is 10.2. The van der Waals surface area contributed by atoms with Crippen LogP contribution in [-0.4, -0.2) is 26.5 Å². The van der Waals surface area contributed by atoms with Crippen molar-refractivity contribution in [3.05, 3.63) is 42.0 Å². The minimum atomic E-state index is 0.0651. The topological polar surface area (TPSA) is 60.2 Å². The zero-order chi connectivity index (χ0) is 14.2. The number of benzene rings is 1. The number of aliphatic hydroxyl groups is 1. The van der Waals surface area contributed by atoms with Crippen LogP contribution in [0.15, 0.2) is 30.6 Å². The fourth-order valence-corrected chi connectivity index (χ4v) is 1.72. The SMILES string of the molecule is CCn1ncnc1COc1ccccc1C#CCCO. The molecular weight excluding hydrogens is 254 g/mol. The van der Waals surface area contributed by atoms with Crippen molar-refractivity contribution in [2.24, 2.45) is 0 Å². The van der Waals surface area contributed by atoms with Crippen LogP contribution in [0, 0.1) is 11.8 Å². The van der Waals surface area contributed by atoms with Gasteiger partial charge in [-0.1, -0.05) is 24.0 Å². The van der Waals surface area contributed by atoms with Crippen LogP contribution in [0.3, 0.4) is 0 Å². The molecule has 1 N–H and O–H groups in total. The molecule has 0 amide bonds. The second kappa shape index (κ2) is 7.31. The Bertz CT molecular complexity index is 611. The molecule has 5 heteroatoms. The number of nitrogens with zero attached hydrogens (tertiary/aromatic N) is 3. The Morgan fingerprint density at radius 2 is 2.20 bits per heavy atom. The molecule has 0 fully saturated rings. The molecule has 1 aromatic carbocycles. The molecule has 0 saturated carbocycles. The largest absolute Gasteiger partial charge is 0.484 e. The highest BCUT2D eigenvalue weighted by molar-refractivity contribution is 5.45. The van der Waals surface area contributed by atoms with Crippen LogP contribution in [0.2, 0.25) is 0 Å². The summed E-state index contributed by atoms with van der Waals surface area (Å²) < 4.78 is 7.56. The number of hydrogen-bond acceptors (Lipinski definition) is 4. The average molecular weight is 271 g/mol. The number of para-hydroxylation sites is 1. The van der Waals surface area contributed by atoms with Gasteiger partial charge in [0.25, 0.3) is 0 Å². The van der Waals surface area contributed by atoms with Gasteiger partial charge < -0.3 is 9.84 Å². The van der Waals surface area contributed by atoms with Gasteiger partial charge in [-0.05, 0) is 19.1 Å². The predicted octanol–water partition coefficient (Wildman–Crippen LogP) is 1.61. The molecule has 0 radical (unpaired) electrons. The van der Waals surface area contributed by atoms with Crippen LogP contribution >= 0.6 is 0 Å². The average Bonchev–Trinajstić information content (AvgIpc) is 2.94. The van der Waals surface area contributed by atoms with E-state index >= 15 is 0 Å². The molecule has 1 aromatic heterocycles. The van der Waals surface area contributed by atoms with Crippen molar-refractivity contribution in [1.29, 1.82) is 0 Å². The van der Waals surface area contributed by atoms with Crippen molar-refractivity contribution in [3.63, 3.8) is 0 Å². The summed E-state index contributed by atoms with van der Waals surface area (Å²) in [5.74, 6) is 7.38. The molecular formula is C15H17N3O2. The molecule has 5 nitrogen and oxygen atoms in total. The Balaban J connectivity index is 2.08. The second-order valence-corrected chi connectivity index (χ2v) is 4.05. The Kier molecular flexibility index (Phi) is 5.15. The Labute approximate surface area is 118 Å². The number of ether oxygens (including phenoxy) is 1. The first-order valence-corrected chi connectivity index (χ1v) is 6.53. The zero-order valence-corrected chi connectivity index (χ0v) is 11.4. The van der Waals surface area contributed by atoms with Gasteiger partial charge in [0.2, 0.25) is 0 Å². The van der Waals surface area contributed by atoms with Gasteiger partial charge in [0, 0.05) is 13.0 Å². The number of aryl methyl sites for hydroxylation is 1. The standard InChI is InChI=1S/C15H17N3O2/c1-2-18-15(16-12-17-18)11-20-14-9-4-3-7-13(14)8-5-6-10-19/h3-4,7,9,12,19H,2,6,10-11H2,1H3. The molecule has 104 valence electrons. The first kappa shape index (κ1) is 14.1. The normalized spacial score (nSPS) is 9.90. The minimum Gasteiger partial charge on any atom is -0.484 e. The summed E-state index contributed by atoms with van der Waals surface area (Å²) in [6.07, 6.45) is 1.98. The summed E-state index contributed by atoms with van der Waals surface area (Å²) in [6.45, 7) is 3.19. The van der Waals surface area contributed by atoms with E-state index in [9.17, 15) is 0 Å². The van der Waals surface area contributed by atoms with Crippen molar-refractivity contribution in [2.75, 3.05) is 6.61 Å². The quantitative estimate of drug-likeness (QED) is 0.839. The van der Waals surface area contributed by atoms with E-state index in [-0.39, 0.29) is 6.61 Å². The maximum atomic E-state index is 8.75. The highest BCUT2D eigenvalue weighted by Crippen LogP contribution is 2.17. The second-order valence-electron chi connectivity index (χ2n) is 4.05. The van der Waals surface area contributed by atoms with Gasteiger partial charge in [-0.3, -0.25) is 0 Å². The molecule has 2 rings (SSSR count). The summed E-state index contributed by atoms with van der Waals surface area (Å²) in [5, 5.41) is 12.8. The third-order valence-electron chi connectivity index (χ3n) is 2.70. The van der Waals surface area contributed by atoms with Gasteiger partial charge in [-0.15, -0.1) is 0 Å². The Morgan fingerprint density at radius 1 is 1.35 bits per heavy atom. The van der Waals surface area contributed by atoms with Gasteiger partial charge >= 0.3 is 0 Å². The molecule has 0 aliphatic heterocycles. The number of hydrogen-bond donors (Lipinski definition) is 1. The summed E-state index contributed by atoms with van der Waals surface area (Å²) in [7, 11) is 0. The van der Waals surface area contributed by atoms with E-state index < -0.39 is 0 Å². The molecule has 0 saturated heterocycles. The fraction of sp³-hybridized carbons (Fsp3) is 0.333. The molecule has 1 heterocycles. The Morgan fingerprint density at radius 3 is 3.00 bits per heavy atom. The van der Waals surface area contributed by atoms with E-state index in [4.69, 9.17) is 9.84 Å². The maximum absolute atomic E-state index is 8.75. The van der Waals surface area contributed by atoms with Crippen molar-refractivity contribution >= 4 is 0 Å². The highest BCUT2D eigenvalue weighted by atomic mass is 16.5. The summed E-state index contributed by atoms with van der Waals surface area (Å²) in [6, 6.07) is 7.57. The van der Waals surface area contributed by atoms with Crippen molar-refractivity contribution in [2.45, 2.75) is 26.5 Å². The summed E-state index contributed by atoms with van der Waals surface area (Å²) in [5.41, 5.74) is 0.809. The number of aromatic nitrogens is 3. The molecule has 20 heavy (non-hydrogen) atoms. The minimum absolute atomic E-state index is 0.0651. The first-order chi connectivity index (χ1) is 9.85. The van der Waals surface area contributed by atoms with Crippen LogP contribution in [0.25, 0.3) is 0 Å². The molecule has 0 aliphatic carbocycles. The zero-order valence-electron chi connectivity index (χ0n) is 11.4. The van der Waals surface area contributed by atoms with E-state index in [0.29, 0.717) is 18.8 Å². The van der Waals surface area contributed by atoms with Crippen LogP contribution in [0.5, 0.6) is 5.75 Å². The monoisotopic (exact) mass is 271 g/mol. The van der Waals surface area contributed by atoms with Gasteiger partial charge in [0.05, 0.1) is 12.2 Å². The fourth-order valence-electron chi connectivity index (χ4n) is 1.72. The van der Waals surface area contributed by atoms with E-state index in [1.54, 1.807) is 4.68 Å². The predicted molar refractivity (Wildman–Crippen MR) is 75.1 cm³/mol. The first-order valence-electron chi connectivity index (χ1n) is 6.53. The van der Waals surface area contributed by atoms with Crippen molar-refractivity contribution in [1.82, 2.24) is 14.8 Å². The van der Waals surface area contributed by atoms with E-state index in [0.717, 1.165) is 17.9 Å². The van der Waals surface area contributed by atoms with Crippen LogP contribution in [-0.2, 0) is 13.2 Å². The lowest BCUT2D eigenvalue weighted by Crippen LogP contribution is -2.07.